The van der Waals surface area contributed by atoms with Crippen LogP contribution in [0, 0.1) is 0 Å². The van der Waals surface area contributed by atoms with E-state index >= 15 is 0 Å². The van der Waals surface area contributed by atoms with Crippen molar-refractivity contribution in [1.29, 1.82) is 0 Å². The zero-order chi connectivity index (χ0) is 8.65. The molecular weight excluding hydrogens is 154 g/mol. The summed E-state index contributed by atoms with van der Waals surface area (Å²) in [5, 5.41) is 0. The summed E-state index contributed by atoms with van der Waals surface area (Å²) in [6.07, 6.45) is 2.72. The van der Waals surface area contributed by atoms with Gasteiger partial charge in [0.2, 0.25) is 0 Å². The Morgan fingerprint density at radius 2 is 1.83 bits per heavy atom. The van der Waals surface area contributed by atoms with Gasteiger partial charge in [0.15, 0.2) is 0 Å². The van der Waals surface area contributed by atoms with Crippen LogP contribution < -0.4 is 0 Å². The molecule has 3 nitrogen and oxygen atoms in total. The van der Waals surface area contributed by atoms with E-state index < -0.39 is 0 Å². The predicted octanol–water partition coefficient (Wildman–Crippen LogP) is 0.745. The molecule has 1 rings (SSSR count). The smallest absolute Gasteiger partial charge is 0.0700 e. The molecule has 0 radical (unpaired) electrons. The van der Waals surface area contributed by atoms with E-state index in [-0.39, 0.29) is 0 Å². The summed E-state index contributed by atoms with van der Waals surface area (Å²) >= 11 is 0. The Morgan fingerprint density at radius 1 is 1.08 bits per heavy atom. The van der Waals surface area contributed by atoms with Crippen molar-refractivity contribution in [3.8, 4) is 0 Å². The Balaban J connectivity index is 1.81. The summed E-state index contributed by atoms with van der Waals surface area (Å²) in [5.41, 5.74) is 0. The lowest BCUT2D eigenvalue weighted by Crippen LogP contribution is -2.24. The minimum atomic E-state index is 0.708. The second-order valence-corrected chi connectivity index (χ2v) is 3.15. The number of likely N-dealkylation sites (tertiary alicyclic amines) is 1. The van der Waals surface area contributed by atoms with E-state index in [4.69, 9.17) is 9.47 Å². The van der Waals surface area contributed by atoms with Crippen molar-refractivity contribution >= 4 is 0 Å². The van der Waals surface area contributed by atoms with Crippen LogP contribution in [0.4, 0.5) is 0 Å². The molecule has 0 unspecified atom stereocenters. The molecule has 1 aliphatic rings. The number of hydrogen-bond acceptors (Lipinski definition) is 3. The second kappa shape index (κ2) is 6.40. The second-order valence-electron chi connectivity index (χ2n) is 3.15. The summed E-state index contributed by atoms with van der Waals surface area (Å²) in [6.45, 7) is 5.89. The van der Waals surface area contributed by atoms with Crippen molar-refractivity contribution in [3.05, 3.63) is 0 Å². The Morgan fingerprint density at radius 3 is 2.50 bits per heavy atom. The van der Waals surface area contributed by atoms with E-state index in [1.54, 1.807) is 7.11 Å². The monoisotopic (exact) mass is 173 g/mol. The fraction of sp³-hybridized carbons (Fsp3) is 1.00. The summed E-state index contributed by atoms with van der Waals surface area (Å²) in [5.74, 6) is 0. The van der Waals surface area contributed by atoms with Crippen LogP contribution in [0.15, 0.2) is 0 Å². The molecular formula is C9H19NO2. The molecule has 1 fully saturated rings. The molecule has 0 aliphatic carbocycles. The largest absolute Gasteiger partial charge is 0.382 e. The fourth-order valence-corrected chi connectivity index (χ4v) is 1.44. The molecule has 0 spiro atoms. The van der Waals surface area contributed by atoms with Crippen LogP contribution in [0.5, 0.6) is 0 Å². The Hall–Kier alpha value is -0.120. The molecule has 1 saturated heterocycles. The van der Waals surface area contributed by atoms with Crippen molar-refractivity contribution in [3.63, 3.8) is 0 Å². The highest BCUT2D eigenvalue weighted by molar-refractivity contribution is 4.64. The van der Waals surface area contributed by atoms with Gasteiger partial charge >= 0.3 is 0 Å². The van der Waals surface area contributed by atoms with Gasteiger partial charge in [-0.3, -0.25) is 0 Å². The number of rotatable bonds is 6. The van der Waals surface area contributed by atoms with Crippen LogP contribution in [0.25, 0.3) is 0 Å². The van der Waals surface area contributed by atoms with Crippen LogP contribution in [0.2, 0.25) is 0 Å². The maximum Gasteiger partial charge on any atom is 0.0700 e. The van der Waals surface area contributed by atoms with Crippen LogP contribution in [-0.4, -0.2) is 51.5 Å². The van der Waals surface area contributed by atoms with Crippen molar-refractivity contribution in [2.24, 2.45) is 0 Å². The summed E-state index contributed by atoms with van der Waals surface area (Å²) in [4.78, 5) is 2.45. The summed E-state index contributed by atoms with van der Waals surface area (Å²) < 4.78 is 10.2. The highest BCUT2D eigenvalue weighted by atomic mass is 16.5. The molecule has 72 valence electrons. The maximum absolute atomic E-state index is 5.37. The molecule has 0 aromatic rings. The third-order valence-electron chi connectivity index (χ3n) is 2.18. The molecule has 1 heterocycles. The van der Waals surface area contributed by atoms with Crippen molar-refractivity contribution in [1.82, 2.24) is 4.90 Å². The SMILES string of the molecule is COCCOCCN1CCCC1. The lowest BCUT2D eigenvalue weighted by Gasteiger charge is -2.13. The molecule has 0 N–H and O–H groups in total. The van der Waals surface area contributed by atoms with Crippen molar-refractivity contribution in [2.75, 3.05) is 46.6 Å². The van der Waals surface area contributed by atoms with Gasteiger partial charge in [0.25, 0.3) is 0 Å². The van der Waals surface area contributed by atoms with Gasteiger partial charge in [-0.25, -0.2) is 0 Å². The van der Waals surface area contributed by atoms with Gasteiger partial charge in [0.1, 0.15) is 0 Å². The maximum atomic E-state index is 5.37. The van der Waals surface area contributed by atoms with Gasteiger partial charge in [-0.1, -0.05) is 0 Å². The average molecular weight is 173 g/mol. The van der Waals surface area contributed by atoms with E-state index in [0.717, 1.165) is 19.8 Å². The molecule has 0 amide bonds. The van der Waals surface area contributed by atoms with Crippen LogP contribution in [0.3, 0.4) is 0 Å². The quantitative estimate of drug-likeness (QED) is 0.553. The van der Waals surface area contributed by atoms with Gasteiger partial charge < -0.3 is 14.4 Å². The molecule has 0 atom stereocenters. The lowest BCUT2D eigenvalue weighted by molar-refractivity contribution is 0.0604. The standard InChI is InChI=1S/C9H19NO2/c1-11-8-9-12-7-6-10-4-2-3-5-10/h2-9H2,1H3. The minimum Gasteiger partial charge on any atom is -0.382 e. The first kappa shape index (κ1) is 9.96. The summed E-state index contributed by atoms with van der Waals surface area (Å²) in [7, 11) is 1.70. The fourth-order valence-electron chi connectivity index (χ4n) is 1.44. The Labute approximate surface area is 74.6 Å². The van der Waals surface area contributed by atoms with Crippen LogP contribution >= 0.6 is 0 Å². The third-order valence-corrected chi connectivity index (χ3v) is 2.18. The zero-order valence-electron chi connectivity index (χ0n) is 7.92. The Kier molecular flexibility index (Phi) is 5.32. The average Bonchev–Trinajstić information content (AvgIpc) is 2.57. The summed E-state index contributed by atoms with van der Waals surface area (Å²) in [6, 6.07) is 0. The molecule has 1 aliphatic heterocycles. The highest BCUT2D eigenvalue weighted by Crippen LogP contribution is 2.05. The lowest BCUT2D eigenvalue weighted by atomic mass is 10.4. The van der Waals surface area contributed by atoms with Gasteiger partial charge in [0.05, 0.1) is 19.8 Å². The van der Waals surface area contributed by atoms with Gasteiger partial charge in [-0.2, -0.15) is 0 Å². The molecule has 0 saturated carbocycles. The van der Waals surface area contributed by atoms with Gasteiger partial charge in [-0.05, 0) is 25.9 Å². The number of hydrogen-bond donors (Lipinski definition) is 0. The zero-order valence-corrected chi connectivity index (χ0v) is 7.92. The molecule has 12 heavy (non-hydrogen) atoms. The first-order valence-electron chi connectivity index (χ1n) is 4.72. The van der Waals surface area contributed by atoms with Crippen LogP contribution in [0.1, 0.15) is 12.8 Å². The molecule has 3 heteroatoms. The molecule has 0 aromatic heterocycles. The molecule has 0 aromatic carbocycles. The minimum absolute atomic E-state index is 0.708. The first-order valence-corrected chi connectivity index (χ1v) is 4.72. The topological polar surface area (TPSA) is 21.7 Å². The van der Waals surface area contributed by atoms with Crippen molar-refractivity contribution < 1.29 is 9.47 Å². The number of ether oxygens (including phenoxy) is 2. The third kappa shape index (κ3) is 4.04. The number of methoxy groups -OCH3 is 1. The van der Waals surface area contributed by atoms with Gasteiger partial charge in [-0.15, -0.1) is 0 Å². The van der Waals surface area contributed by atoms with Crippen molar-refractivity contribution in [2.45, 2.75) is 12.8 Å². The van der Waals surface area contributed by atoms with E-state index in [1.807, 2.05) is 0 Å². The van der Waals surface area contributed by atoms with E-state index in [0.29, 0.717) is 6.61 Å². The Bertz CT molecular complexity index is 103. The van der Waals surface area contributed by atoms with E-state index in [9.17, 15) is 0 Å². The van der Waals surface area contributed by atoms with Gasteiger partial charge in [0, 0.05) is 13.7 Å². The van der Waals surface area contributed by atoms with E-state index in [1.165, 1.54) is 25.9 Å². The normalized spacial score (nSPS) is 18.8. The van der Waals surface area contributed by atoms with Crippen LogP contribution in [-0.2, 0) is 9.47 Å². The predicted molar refractivity (Wildman–Crippen MR) is 48.4 cm³/mol. The highest BCUT2D eigenvalue weighted by Gasteiger charge is 2.09. The van der Waals surface area contributed by atoms with E-state index in [2.05, 4.69) is 4.90 Å². The first-order chi connectivity index (χ1) is 5.93. The molecule has 0 bridgehead atoms. The number of nitrogens with zero attached hydrogens (tertiary/aromatic N) is 1.